The number of amides is 3. The Morgan fingerprint density at radius 3 is 2.57 bits per heavy atom. The molecule has 2 aromatic rings. The molecule has 0 aromatic heterocycles. The molecule has 1 aliphatic heterocycles. The van der Waals surface area contributed by atoms with E-state index in [9.17, 15) is 14.4 Å². The summed E-state index contributed by atoms with van der Waals surface area (Å²) < 4.78 is 5.13. The molecule has 0 fully saturated rings. The summed E-state index contributed by atoms with van der Waals surface area (Å²) in [4.78, 5) is 38.7. The Hall–Kier alpha value is -3.35. The molecular formula is C21H23N3O4. The number of hydrogen-bond acceptors (Lipinski definition) is 4. The molecule has 7 nitrogen and oxygen atoms in total. The lowest BCUT2D eigenvalue weighted by Crippen LogP contribution is -2.47. The maximum atomic E-state index is 12.7. The van der Waals surface area contributed by atoms with Crippen LogP contribution in [0.4, 0.5) is 5.69 Å². The van der Waals surface area contributed by atoms with Gasteiger partial charge in [0.1, 0.15) is 18.3 Å². The average molecular weight is 381 g/mol. The van der Waals surface area contributed by atoms with E-state index in [1.807, 2.05) is 24.3 Å². The summed E-state index contributed by atoms with van der Waals surface area (Å²) in [5.41, 5.74) is 1.90. The zero-order valence-corrected chi connectivity index (χ0v) is 15.9. The standard InChI is InChI=1S/C21H23N3O4/c1-14-21(27)24(18-6-4-3-5-17(18)20(26)23-14)13-19(25)22-12-11-15-7-9-16(28-2)10-8-15/h3-10,14H,11-13H2,1-2H3,(H,22,25)(H,23,26)/t14-/m0/s1. The van der Waals surface area contributed by atoms with Crippen LogP contribution < -0.4 is 20.3 Å². The summed E-state index contributed by atoms with van der Waals surface area (Å²) >= 11 is 0. The number of carbonyl (C=O) groups is 3. The average Bonchev–Trinajstić information content (AvgIpc) is 2.79. The quantitative estimate of drug-likeness (QED) is 0.794. The second kappa shape index (κ2) is 8.56. The van der Waals surface area contributed by atoms with Gasteiger partial charge in [-0.25, -0.2) is 0 Å². The van der Waals surface area contributed by atoms with Crippen LogP contribution in [0.2, 0.25) is 0 Å². The molecule has 3 amide bonds. The van der Waals surface area contributed by atoms with E-state index >= 15 is 0 Å². The number of ether oxygens (including phenoxy) is 1. The lowest BCUT2D eigenvalue weighted by molar-refractivity contribution is -0.124. The molecule has 7 heteroatoms. The third-order valence-corrected chi connectivity index (χ3v) is 4.62. The van der Waals surface area contributed by atoms with Gasteiger partial charge in [0.2, 0.25) is 11.8 Å². The minimum atomic E-state index is -0.702. The van der Waals surface area contributed by atoms with Crippen molar-refractivity contribution in [2.75, 3.05) is 25.1 Å². The molecule has 0 saturated carbocycles. The molecule has 0 saturated heterocycles. The minimum Gasteiger partial charge on any atom is -0.497 e. The largest absolute Gasteiger partial charge is 0.497 e. The Bertz CT molecular complexity index is 879. The first kappa shape index (κ1) is 19.4. The van der Waals surface area contributed by atoms with E-state index in [2.05, 4.69) is 10.6 Å². The van der Waals surface area contributed by atoms with E-state index in [0.29, 0.717) is 24.2 Å². The van der Waals surface area contributed by atoms with Crippen LogP contribution in [0.5, 0.6) is 5.75 Å². The van der Waals surface area contributed by atoms with Crippen LogP contribution in [0.15, 0.2) is 48.5 Å². The van der Waals surface area contributed by atoms with Crippen LogP contribution in [-0.2, 0) is 16.0 Å². The summed E-state index contributed by atoms with van der Waals surface area (Å²) in [6.07, 6.45) is 0.663. The first-order chi connectivity index (χ1) is 13.5. The summed E-state index contributed by atoms with van der Waals surface area (Å²) in [6, 6.07) is 13.7. The van der Waals surface area contributed by atoms with Gasteiger partial charge >= 0.3 is 0 Å². The highest BCUT2D eigenvalue weighted by Gasteiger charge is 2.31. The normalized spacial score (nSPS) is 16.1. The number of benzene rings is 2. The Kier molecular flexibility index (Phi) is 5.93. The van der Waals surface area contributed by atoms with Gasteiger partial charge in [-0.2, -0.15) is 0 Å². The Balaban J connectivity index is 1.63. The Morgan fingerprint density at radius 2 is 1.86 bits per heavy atom. The van der Waals surface area contributed by atoms with Gasteiger partial charge in [0.25, 0.3) is 5.91 Å². The van der Waals surface area contributed by atoms with Crippen LogP contribution in [-0.4, -0.2) is 44.0 Å². The fourth-order valence-corrected chi connectivity index (χ4v) is 3.09. The summed E-state index contributed by atoms with van der Waals surface area (Å²) in [7, 11) is 1.61. The van der Waals surface area contributed by atoms with Gasteiger partial charge in [0.15, 0.2) is 0 Å². The fraction of sp³-hybridized carbons (Fsp3) is 0.286. The SMILES string of the molecule is COc1ccc(CCNC(=O)CN2C(=O)[C@H](C)NC(=O)c3ccccc32)cc1. The van der Waals surface area contributed by atoms with Crippen LogP contribution in [0.25, 0.3) is 0 Å². The summed E-state index contributed by atoms with van der Waals surface area (Å²) in [5.74, 6) is -0.135. The van der Waals surface area contributed by atoms with Gasteiger partial charge in [-0.1, -0.05) is 24.3 Å². The van der Waals surface area contributed by atoms with Crippen LogP contribution in [0.3, 0.4) is 0 Å². The minimum absolute atomic E-state index is 0.141. The molecule has 0 bridgehead atoms. The fourth-order valence-electron chi connectivity index (χ4n) is 3.09. The van der Waals surface area contributed by atoms with Gasteiger partial charge < -0.3 is 20.3 Å². The summed E-state index contributed by atoms with van der Waals surface area (Å²) in [5, 5.41) is 5.49. The number of nitrogens with one attached hydrogen (secondary N) is 2. The van der Waals surface area contributed by atoms with Crippen molar-refractivity contribution >= 4 is 23.4 Å². The van der Waals surface area contributed by atoms with Crippen molar-refractivity contribution in [3.63, 3.8) is 0 Å². The van der Waals surface area contributed by atoms with Crippen LogP contribution in [0.1, 0.15) is 22.8 Å². The van der Waals surface area contributed by atoms with Gasteiger partial charge in [-0.05, 0) is 43.2 Å². The molecule has 1 aliphatic rings. The van der Waals surface area contributed by atoms with E-state index in [4.69, 9.17) is 4.74 Å². The highest BCUT2D eigenvalue weighted by Crippen LogP contribution is 2.23. The maximum Gasteiger partial charge on any atom is 0.254 e. The predicted molar refractivity (Wildman–Crippen MR) is 105 cm³/mol. The number of carbonyl (C=O) groups excluding carboxylic acids is 3. The zero-order chi connectivity index (χ0) is 20.1. The highest BCUT2D eigenvalue weighted by molar-refractivity contribution is 6.12. The van der Waals surface area contributed by atoms with E-state index < -0.39 is 6.04 Å². The molecular weight excluding hydrogens is 358 g/mol. The Labute approximate surface area is 163 Å². The van der Waals surface area contributed by atoms with Crippen molar-refractivity contribution < 1.29 is 19.1 Å². The van der Waals surface area contributed by atoms with E-state index in [0.717, 1.165) is 11.3 Å². The molecule has 1 heterocycles. The topological polar surface area (TPSA) is 87.7 Å². The van der Waals surface area contributed by atoms with E-state index in [-0.39, 0.29) is 24.3 Å². The zero-order valence-electron chi connectivity index (χ0n) is 15.9. The second-order valence-electron chi connectivity index (χ2n) is 6.58. The number of nitrogens with zero attached hydrogens (tertiary/aromatic N) is 1. The third kappa shape index (κ3) is 4.31. The number of anilines is 1. The molecule has 3 rings (SSSR count). The highest BCUT2D eigenvalue weighted by atomic mass is 16.5. The molecule has 0 aliphatic carbocycles. The van der Waals surface area contributed by atoms with Crippen molar-refractivity contribution in [2.45, 2.75) is 19.4 Å². The number of rotatable bonds is 6. The van der Waals surface area contributed by atoms with Gasteiger partial charge in [-0.15, -0.1) is 0 Å². The second-order valence-corrected chi connectivity index (χ2v) is 6.58. The molecule has 28 heavy (non-hydrogen) atoms. The van der Waals surface area contributed by atoms with Gasteiger partial charge in [0, 0.05) is 6.54 Å². The van der Waals surface area contributed by atoms with Gasteiger partial charge in [-0.3, -0.25) is 14.4 Å². The van der Waals surface area contributed by atoms with Crippen molar-refractivity contribution in [1.29, 1.82) is 0 Å². The third-order valence-electron chi connectivity index (χ3n) is 4.62. The number of hydrogen-bond donors (Lipinski definition) is 2. The number of para-hydroxylation sites is 1. The first-order valence-corrected chi connectivity index (χ1v) is 9.10. The van der Waals surface area contributed by atoms with Crippen molar-refractivity contribution in [3.8, 4) is 5.75 Å². The van der Waals surface area contributed by atoms with Crippen molar-refractivity contribution in [1.82, 2.24) is 10.6 Å². The van der Waals surface area contributed by atoms with Crippen molar-refractivity contribution in [2.24, 2.45) is 0 Å². The monoisotopic (exact) mass is 381 g/mol. The van der Waals surface area contributed by atoms with Gasteiger partial charge in [0.05, 0.1) is 18.4 Å². The molecule has 2 N–H and O–H groups in total. The molecule has 2 aromatic carbocycles. The number of fused-ring (bicyclic) bond motifs is 1. The smallest absolute Gasteiger partial charge is 0.254 e. The molecule has 0 radical (unpaired) electrons. The van der Waals surface area contributed by atoms with Crippen molar-refractivity contribution in [3.05, 3.63) is 59.7 Å². The first-order valence-electron chi connectivity index (χ1n) is 9.10. The molecule has 0 spiro atoms. The molecule has 1 atom stereocenters. The number of methoxy groups -OCH3 is 1. The maximum absolute atomic E-state index is 12.7. The lowest BCUT2D eigenvalue weighted by atomic mass is 10.1. The van der Waals surface area contributed by atoms with Crippen LogP contribution >= 0.6 is 0 Å². The van der Waals surface area contributed by atoms with E-state index in [1.165, 1.54) is 4.90 Å². The molecule has 146 valence electrons. The lowest BCUT2D eigenvalue weighted by Gasteiger charge is -2.23. The van der Waals surface area contributed by atoms with E-state index in [1.54, 1.807) is 38.3 Å². The Morgan fingerprint density at radius 1 is 1.14 bits per heavy atom. The summed E-state index contributed by atoms with van der Waals surface area (Å²) in [6.45, 7) is 1.92. The predicted octanol–water partition coefficient (Wildman–Crippen LogP) is 1.52. The molecule has 0 unspecified atom stereocenters. The van der Waals surface area contributed by atoms with Crippen LogP contribution in [0, 0.1) is 0 Å².